The molecule has 7 nitrogen and oxygen atoms in total. The monoisotopic (exact) mass is 550 g/mol. The molecule has 6 N–H and O–H groups in total. The average Bonchev–Trinajstić information content (AvgIpc) is 2.85. The van der Waals surface area contributed by atoms with Crippen molar-refractivity contribution in [1.82, 2.24) is 0 Å². The fourth-order valence-electron chi connectivity index (χ4n) is 9.97. The number of carbonyl (C=O) groups excluding carboxylic acids is 2. The molecule has 5 aliphatic rings. The van der Waals surface area contributed by atoms with E-state index in [-0.39, 0.29) is 51.5 Å². The number of fused-ring (bicyclic) bond motifs is 7. The zero-order valence-corrected chi connectivity index (χ0v) is 24.9. The molecule has 5 rings (SSSR count). The zero-order chi connectivity index (χ0) is 29.7. The third-order valence-electron chi connectivity index (χ3n) is 12.6. The van der Waals surface area contributed by atoms with Crippen molar-refractivity contribution >= 4 is 17.7 Å². The summed E-state index contributed by atoms with van der Waals surface area (Å²) < 4.78 is 0. The van der Waals surface area contributed by atoms with E-state index in [1.807, 2.05) is 6.92 Å². The Balaban J connectivity index is 1.55. The molecule has 5 aliphatic carbocycles. The lowest BCUT2D eigenvalue weighted by Crippen LogP contribution is -2.62. The zero-order valence-electron chi connectivity index (χ0n) is 24.9. The van der Waals surface area contributed by atoms with E-state index in [9.17, 15) is 24.6 Å². The van der Waals surface area contributed by atoms with Crippen LogP contribution in [0.25, 0.3) is 0 Å². The van der Waals surface area contributed by atoms with Gasteiger partial charge in [0, 0.05) is 11.0 Å². The summed E-state index contributed by atoms with van der Waals surface area (Å²) in [5.41, 5.74) is 13.5. The van der Waals surface area contributed by atoms with Crippen LogP contribution in [0, 0.1) is 33.0 Å². The quantitative estimate of drug-likeness (QED) is 0.348. The van der Waals surface area contributed by atoms with Gasteiger partial charge in [0.25, 0.3) is 0 Å². The minimum atomic E-state index is -1.68. The number of hydrogen-bond donors (Lipinski definition) is 4. The molecule has 40 heavy (non-hydrogen) atoms. The van der Waals surface area contributed by atoms with Gasteiger partial charge in [0.05, 0.1) is 6.42 Å². The largest absolute Gasteiger partial charge is 0.504 e. The molecular weight excluding hydrogens is 504 g/mol. The maximum atomic E-state index is 12.7. The second-order valence-electron chi connectivity index (χ2n) is 15.1. The van der Waals surface area contributed by atoms with Gasteiger partial charge in [-0.3, -0.25) is 14.4 Å². The minimum absolute atomic E-state index is 0.0468. The van der Waals surface area contributed by atoms with Gasteiger partial charge < -0.3 is 21.7 Å². The second-order valence-corrected chi connectivity index (χ2v) is 15.1. The number of amides is 1. The van der Waals surface area contributed by atoms with Crippen molar-refractivity contribution in [2.45, 2.75) is 105 Å². The summed E-state index contributed by atoms with van der Waals surface area (Å²) in [7, 11) is 0. The van der Waals surface area contributed by atoms with Crippen LogP contribution in [0.3, 0.4) is 0 Å². The molecule has 1 unspecified atom stereocenters. The molecule has 0 heterocycles. The molecule has 7 atom stereocenters. The normalized spacial score (nSPS) is 42.2. The van der Waals surface area contributed by atoms with Crippen LogP contribution in [0.1, 0.15) is 99.3 Å². The molecule has 0 bridgehead atoms. The molecule has 7 heteroatoms. The number of aliphatic hydroxyl groups is 1. The number of primary amides is 1. The van der Waals surface area contributed by atoms with Crippen molar-refractivity contribution in [2.75, 3.05) is 0 Å². The second kappa shape index (κ2) is 8.67. The smallest absolute Gasteiger partial charge is 0.324 e. The van der Waals surface area contributed by atoms with Crippen LogP contribution in [0.4, 0.5) is 0 Å². The van der Waals surface area contributed by atoms with E-state index in [0.29, 0.717) is 11.5 Å². The van der Waals surface area contributed by atoms with Crippen LogP contribution in [0.15, 0.2) is 46.3 Å². The van der Waals surface area contributed by atoms with E-state index in [4.69, 9.17) is 11.5 Å². The summed E-state index contributed by atoms with van der Waals surface area (Å²) in [6, 6.07) is 0. The van der Waals surface area contributed by atoms with Crippen molar-refractivity contribution in [2.24, 2.45) is 44.5 Å². The summed E-state index contributed by atoms with van der Waals surface area (Å²) >= 11 is 0. The Kier molecular flexibility index (Phi) is 6.25. The van der Waals surface area contributed by atoms with Crippen LogP contribution >= 0.6 is 0 Å². The summed E-state index contributed by atoms with van der Waals surface area (Å²) in [4.78, 5) is 36.7. The number of aliphatic carboxylic acids is 1. The third kappa shape index (κ3) is 3.83. The number of carboxylic acids is 1. The van der Waals surface area contributed by atoms with E-state index in [1.165, 1.54) is 5.57 Å². The maximum absolute atomic E-state index is 12.7. The maximum Gasteiger partial charge on any atom is 0.324 e. The lowest BCUT2D eigenvalue weighted by atomic mass is 9.34. The number of carboxylic acid groups (broad SMARTS) is 1. The molecule has 0 aromatic carbocycles. The molecule has 0 saturated heterocycles. The van der Waals surface area contributed by atoms with Crippen molar-refractivity contribution < 1.29 is 24.6 Å². The van der Waals surface area contributed by atoms with Crippen LogP contribution in [-0.2, 0) is 14.4 Å². The van der Waals surface area contributed by atoms with E-state index >= 15 is 0 Å². The predicted octanol–water partition coefficient (Wildman–Crippen LogP) is 5.66. The Hall–Kier alpha value is -2.67. The van der Waals surface area contributed by atoms with Crippen LogP contribution in [0.2, 0.25) is 0 Å². The molecule has 218 valence electrons. The lowest BCUT2D eigenvalue weighted by molar-refractivity contribution is -0.167. The van der Waals surface area contributed by atoms with Gasteiger partial charge in [0.2, 0.25) is 11.7 Å². The van der Waals surface area contributed by atoms with Crippen molar-refractivity contribution in [1.29, 1.82) is 0 Å². The first-order valence-corrected chi connectivity index (χ1v) is 14.7. The van der Waals surface area contributed by atoms with Gasteiger partial charge in [-0.25, -0.2) is 0 Å². The Labute approximate surface area is 237 Å². The number of carbonyl (C=O) groups is 3. The highest BCUT2D eigenvalue weighted by atomic mass is 16.4. The molecule has 0 spiro atoms. The van der Waals surface area contributed by atoms with Crippen molar-refractivity contribution in [3.63, 3.8) is 0 Å². The third-order valence-corrected chi connectivity index (χ3v) is 12.6. The molecule has 0 aromatic rings. The number of allylic oxidation sites excluding steroid dienone is 7. The molecule has 3 fully saturated rings. The Morgan fingerprint density at radius 3 is 2.30 bits per heavy atom. The van der Waals surface area contributed by atoms with Crippen LogP contribution < -0.4 is 11.5 Å². The number of ketones is 1. The van der Waals surface area contributed by atoms with E-state index in [0.717, 1.165) is 56.1 Å². The lowest BCUT2D eigenvalue weighted by Gasteiger charge is -2.70. The van der Waals surface area contributed by atoms with Gasteiger partial charge in [-0.1, -0.05) is 52.3 Å². The molecule has 0 radical (unpaired) electrons. The van der Waals surface area contributed by atoms with Crippen molar-refractivity contribution in [3.8, 4) is 0 Å². The van der Waals surface area contributed by atoms with E-state index in [2.05, 4.69) is 46.8 Å². The Bertz CT molecular complexity index is 1340. The highest BCUT2D eigenvalue weighted by Crippen LogP contribution is 2.75. The fraction of sp³-hybridized carbons (Fsp3) is 0.667. The van der Waals surface area contributed by atoms with E-state index < -0.39 is 17.4 Å². The number of aliphatic hydroxyl groups excluding tert-OH is 1. The van der Waals surface area contributed by atoms with E-state index in [1.54, 1.807) is 6.08 Å². The van der Waals surface area contributed by atoms with Gasteiger partial charge in [-0.2, -0.15) is 0 Å². The molecule has 0 aliphatic heterocycles. The highest BCUT2D eigenvalue weighted by Gasteiger charge is 2.67. The first-order valence-electron chi connectivity index (χ1n) is 14.7. The number of nitrogens with two attached hydrogens (primary N) is 2. The van der Waals surface area contributed by atoms with Gasteiger partial charge >= 0.3 is 5.97 Å². The SMILES string of the molecule is CC1=C(O)C(=O)C=C2C1=CC=C1[C@@]2(C)CC[C@@]2(C)[C@@H]3C[C@](C)(CC(N)(CC(N)=O)C(=O)O)CC[C@@]3(C)CC[C@]12C. The minimum Gasteiger partial charge on any atom is -0.504 e. The fourth-order valence-corrected chi connectivity index (χ4v) is 9.97. The summed E-state index contributed by atoms with van der Waals surface area (Å²) in [6.07, 6.45) is 12.6. The summed E-state index contributed by atoms with van der Waals surface area (Å²) in [6.45, 7) is 13.5. The van der Waals surface area contributed by atoms with Crippen molar-refractivity contribution in [3.05, 3.63) is 46.3 Å². The first kappa shape index (κ1) is 28.8. The Morgan fingerprint density at radius 2 is 1.68 bits per heavy atom. The number of rotatable bonds is 5. The highest BCUT2D eigenvalue weighted by molar-refractivity contribution is 6.06. The van der Waals surface area contributed by atoms with Crippen LogP contribution in [-0.4, -0.2) is 33.4 Å². The molecular formula is C33H46N2O5. The topological polar surface area (TPSA) is 144 Å². The van der Waals surface area contributed by atoms with Gasteiger partial charge in [-0.15, -0.1) is 0 Å². The van der Waals surface area contributed by atoms with Crippen LogP contribution in [0.5, 0.6) is 0 Å². The Morgan fingerprint density at radius 1 is 1.02 bits per heavy atom. The standard InChI is InChI=1S/C33H46N2O5/c1-19-20-7-8-23-30(4,21(20)15-22(36)26(19)38)12-14-32(6)24-16-28(2,18-33(35,27(39)40)17-25(34)37)9-10-29(24,3)11-13-31(23,32)5/h7-8,15,24,38H,9-14,16-18,35H2,1-6H3,(H2,34,37)(H,39,40)/t24-,28-,29+,30+,31-,32+,33?/m1/s1. The van der Waals surface area contributed by atoms with Gasteiger partial charge in [0.15, 0.2) is 5.76 Å². The predicted molar refractivity (Wildman–Crippen MR) is 154 cm³/mol. The first-order chi connectivity index (χ1) is 18.3. The summed E-state index contributed by atoms with van der Waals surface area (Å²) in [5, 5.41) is 20.4. The van der Waals surface area contributed by atoms with Gasteiger partial charge in [0.1, 0.15) is 5.54 Å². The number of hydrogen-bond acceptors (Lipinski definition) is 5. The average molecular weight is 551 g/mol. The molecule has 3 saturated carbocycles. The van der Waals surface area contributed by atoms with Gasteiger partial charge in [-0.05, 0) is 103 Å². The molecule has 0 aromatic heterocycles. The molecule has 1 amide bonds. The summed E-state index contributed by atoms with van der Waals surface area (Å²) in [5.74, 6) is -2.00.